The smallest absolute Gasteiger partial charge is 0.0604 e. The number of nitrogen functional groups attached to an aromatic ring is 3. The fourth-order valence-corrected chi connectivity index (χ4v) is 2.01. The van der Waals surface area contributed by atoms with Crippen LogP contribution in [-0.4, -0.2) is 18.3 Å². The van der Waals surface area contributed by atoms with Crippen molar-refractivity contribution in [3.8, 4) is 11.1 Å². The topological polar surface area (TPSA) is 110 Å². The van der Waals surface area contributed by atoms with Crippen molar-refractivity contribution in [2.24, 2.45) is 0 Å². The summed E-state index contributed by atoms with van der Waals surface area (Å²) in [4.78, 5) is 0. The summed E-state index contributed by atoms with van der Waals surface area (Å²) in [5, 5.41) is 12.0. The molecule has 0 bridgehead atoms. The lowest BCUT2D eigenvalue weighted by Gasteiger charge is -2.15. The zero-order chi connectivity index (χ0) is 13.8. The minimum atomic E-state index is 0.0452. The molecular weight excluding hydrogens is 240 g/mol. The molecule has 5 heteroatoms. The number of hydrogen-bond donors (Lipinski definition) is 5. The first-order valence-electron chi connectivity index (χ1n) is 6.02. The maximum atomic E-state index is 8.92. The van der Waals surface area contributed by atoms with Gasteiger partial charge < -0.3 is 27.6 Å². The summed E-state index contributed by atoms with van der Waals surface area (Å²) in [5.74, 6) is 0. The van der Waals surface area contributed by atoms with Gasteiger partial charge in [-0.2, -0.15) is 0 Å². The van der Waals surface area contributed by atoms with Crippen molar-refractivity contribution in [2.75, 3.05) is 35.7 Å². The van der Waals surface area contributed by atoms with Crippen LogP contribution in [0.1, 0.15) is 0 Å². The van der Waals surface area contributed by atoms with E-state index in [0.717, 1.165) is 16.8 Å². The predicted molar refractivity (Wildman–Crippen MR) is 80.7 cm³/mol. The van der Waals surface area contributed by atoms with Crippen molar-refractivity contribution in [1.29, 1.82) is 0 Å². The largest absolute Gasteiger partial charge is 0.399 e. The number of aliphatic hydroxyl groups is 1. The van der Waals surface area contributed by atoms with E-state index in [1.165, 1.54) is 0 Å². The number of aliphatic hydroxyl groups excluding tert-OH is 1. The lowest BCUT2D eigenvalue weighted by Crippen LogP contribution is -2.07. The molecule has 2 rings (SSSR count). The standard InChI is InChI=1S/C14H18N4O/c15-9-4-5-13(18-6-7-19)10(8-9)14-11(16)2-1-3-12(14)17/h1-5,8,18-19H,6-7,15-17H2. The molecule has 0 spiro atoms. The van der Waals surface area contributed by atoms with E-state index in [4.69, 9.17) is 22.3 Å². The number of benzene rings is 2. The van der Waals surface area contributed by atoms with Crippen molar-refractivity contribution >= 4 is 22.7 Å². The van der Waals surface area contributed by atoms with Gasteiger partial charge >= 0.3 is 0 Å². The Morgan fingerprint density at radius 1 is 1.00 bits per heavy atom. The van der Waals surface area contributed by atoms with E-state index in [9.17, 15) is 0 Å². The Labute approximate surface area is 112 Å². The van der Waals surface area contributed by atoms with E-state index in [0.29, 0.717) is 23.6 Å². The molecule has 0 aliphatic carbocycles. The monoisotopic (exact) mass is 258 g/mol. The second kappa shape index (κ2) is 5.49. The highest BCUT2D eigenvalue weighted by atomic mass is 16.3. The van der Waals surface area contributed by atoms with Crippen molar-refractivity contribution in [1.82, 2.24) is 0 Å². The number of nitrogens with one attached hydrogen (secondary N) is 1. The molecule has 0 heterocycles. The van der Waals surface area contributed by atoms with Crippen LogP contribution in [0.3, 0.4) is 0 Å². The molecule has 8 N–H and O–H groups in total. The van der Waals surface area contributed by atoms with E-state index in [-0.39, 0.29) is 6.61 Å². The van der Waals surface area contributed by atoms with Crippen molar-refractivity contribution in [3.05, 3.63) is 36.4 Å². The molecule has 19 heavy (non-hydrogen) atoms. The van der Waals surface area contributed by atoms with Gasteiger partial charge in [0, 0.05) is 40.4 Å². The Kier molecular flexibility index (Phi) is 3.77. The van der Waals surface area contributed by atoms with Gasteiger partial charge in [0.1, 0.15) is 0 Å². The Morgan fingerprint density at radius 3 is 2.32 bits per heavy atom. The fourth-order valence-electron chi connectivity index (χ4n) is 2.01. The summed E-state index contributed by atoms with van der Waals surface area (Å²) in [5.41, 5.74) is 22.1. The van der Waals surface area contributed by atoms with Crippen molar-refractivity contribution in [3.63, 3.8) is 0 Å². The van der Waals surface area contributed by atoms with Gasteiger partial charge in [-0.3, -0.25) is 0 Å². The van der Waals surface area contributed by atoms with Crippen LogP contribution >= 0.6 is 0 Å². The third-order valence-electron chi connectivity index (χ3n) is 2.87. The average Bonchev–Trinajstić information content (AvgIpc) is 2.37. The van der Waals surface area contributed by atoms with E-state index in [1.807, 2.05) is 12.1 Å². The van der Waals surface area contributed by atoms with E-state index in [2.05, 4.69) is 5.32 Å². The molecule has 0 aliphatic heterocycles. The summed E-state index contributed by atoms with van der Waals surface area (Å²) < 4.78 is 0. The predicted octanol–water partition coefficient (Wildman–Crippen LogP) is 1.50. The van der Waals surface area contributed by atoms with Crippen LogP contribution in [0.25, 0.3) is 11.1 Å². The minimum absolute atomic E-state index is 0.0452. The van der Waals surface area contributed by atoms with Crippen LogP contribution in [0.2, 0.25) is 0 Å². The van der Waals surface area contributed by atoms with Gasteiger partial charge in [0.2, 0.25) is 0 Å². The van der Waals surface area contributed by atoms with Gasteiger partial charge in [-0.15, -0.1) is 0 Å². The molecule has 0 amide bonds. The van der Waals surface area contributed by atoms with Crippen molar-refractivity contribution in [2.45, 2.75) is 0 Å². The van der Waals surface area contributed by atoms with Gasteiger partial charge in [-0.25, -0.2) is 0 Å². The summed E-state index contributed by atoms with van der Waals surface area (Å²) >= 11 is 0. The zero-order valence-corrected chi connectivity index (χ0v) is 10.6. The molecule has 0 atom stereocenters. The fraction of sp³-hybridized carbons (Fsp3) is 0.143. The highest BCUT2D eigenvalue weighted by Crippen LogP contribution is 2.37. The maximum Gasteiger partial charge on any atom is 0.0604 e. The van der Waals surface area contributed by atoms with Crippen LogP contribution in [-0.2, 0) is 0 Å². The van der Waals surface area contributed by atoms with Gasteiger partial charge in [0.05, 0.1) is 6.61 Å². The molecule has 0 aliphatic rings. The molecule has 2 aromatic carbocycles. The lowest BCUT2D eigenvalue weighted by atomic mass is 9.99. The molecule has 0 saturated carbocycles. The molecule has 5 nitrogen and oxygen atoms in total. The van der Waals surface area contributed by atoms with Gasteiger partial charge in [0.25, 0.3) is 0 Å². The molecular formula is C14H18N4O. The molecule has 0 fully saturated rings. The van der Waals surface area contributed by atoms with Crippen LogP contribution in [0.4, 0.5) is 22.7 Å². The molecule has 0 radical (unpaired) electrons. The van der Waals surface area contributed by atoms with Crippen molar-refractivity contribution < 1.29 is 5.11 Å². The Hall–Kier alpha value is -2.40. The molecule has 0 unspecified atom stereocenters. The first-order valence-corrected chi connectivity index (χ1v) is 6.02. The number of hydrogen-bond acceptors (Lipinski definition) is 5. The third kappa shape index (κ3) is 2.71. The number of nitrogens with two attached hydrogens (primary N) is 3. The van der Waals surface area contributed by atoms with E-state index in [1.54, 1.807) is 24.3 Å². The quantitative estimate of drug-likeness (QED) is 0.534. The van der Waals surface area contributed by atoms with Crippen LogP contribution < -0.4 is 22.5 Å². The van der Waals surface area contributed by atoms with Gasteiger partial charge in [0.15, 0.2) is 0 Å². The Balaban J connectivity index is 2.56. The zero-order valence-electron chi connectivity index (χ0n) is 10.6. The van der Waals surface area contributed by atoms with E-state index < -0.39 is 0 Å². The number of anilines is 4. The minimum Gasteiger partial charge on any atom is -0.399 e. The molecule has 0 saturated heterocycles. The third-order valence-corrected chi connectivity index (χ3v) is 2.87. The van der Waals surface area contributed by atoms with Gasteiger partial charge in [-0.05, 0) is 30.3 Å². The maximum absolute atomic E-state index is 8.92. The second-order valence-corrected chi connectivity index (χ2v) is 4.27. The summed E-state index contributed by atoms with van der Waals surface area (Å²) in [6.07, 6.45) is 0. The molecule has 100 valence electrons. The van der Waals surface area contributed by atoms with Gasteiger partial charge in [-0.1, -0.05) is 6.07 Å². The summed E-state index contributed by atoms with van der Waals surface area (Å²) in [7, 11) is 0. The van der Waals surface area contributed by atoms with Crippen LogP contribution in [0, 0.1) is 0 Å². The summed E-state index contributed by atoms with van der Waals surface area (Å²) in [6, 6.07) is 10.9. The Bertz CT molecular complexity index is 563. The summed E-state index contributed by atoms with van der Waals surface area (Å²) in [6.45, 7) is 0.493. The lowest BCUT2D eigenvalue weighted by molar-refractivity contribution is 0.311. The average molecular weight is 258 g/mol. The first-order chi connectivity index (χ1) is 9.13. The normalized spacial score (nSPS) is 10.4. The molecule has 0 aromatic heterocycles. The highest BCUT2D eigenvalue weighted by molar-refractivity contribution is 5.93. The Morgan fingerprint density at radius 2 is 1.68 bits per heavy atom. The number of rotatable bonds is 4. The van der Waals surface area contributed by atoms with E-state index >= 15 is 0 Å². The second-order valence-electron chi connectivity index (χ2n) is 4.27. The molecule has 2 aromatic rings. The van der Waals surface area contributed by atoms with Crippen LogP contribution in [0.5, 0.6) is 0 Å². The first kappa shape index (κ1) is 13.0. The SMILES string of the molecule is Nc1ccc(NCCO)c(-c2c(N)cccc2N)c1. The van der Waals surface area contributed by atoms with Crippen LogP contribution in [0.15, 0.2) is 36.4 Å². The highest BCUT2D eigenvalue weighted by Gasteiger charge is 2.11.